The lowest BCUT2D eigenvalue weighted by Crippen LogP contribution is -2.00. The van der Waals surface area contributed by atoms with Gasteiger partial charge in [-0.05, 0) is 41.8 Å². The van der Waals surface area contributed by atoms with Gasteiger partial charge in [-0.15, -0.1) is 0 Å². The molecule has 4 aromatic heterocycles. The van der Waals surface area contributed by atoms with E-state index in [1.54, 1.807) is 0 Å². The van der Waals surface area contributed by atoms with Gasteiger partial charge in [0.25, 0.3) is 0 Å². The van der Waals surface area contributed by atoms with Gasteiger partial charge in [0.15, 0.2) is 23.1 Å². The number of aromatic nitrogens is 4. The molecule has 7 heteroatoms. The summed E-state index contributed by atoms with van der Waals surface area (Å²) in [6.07, 6.45) is 0. The normalized spacial score (nSPS) is 11.9. The maximum Gasteiger partial charge on any atom is 0.231 e. The van der Waals surface area contributed by atoms with Crippen LogP contribution >= 0.6 is 0 Å². The number of hydrogen-bond donors (Lipinski definition) is 0. The molecule has 0 aliphatic rings. The molecule has 0 amide bonds. The Labute approximate surface area is 289 Å². The van der Waals surface area contributed by atoms with Crippen molar-refractivity contribution >= 4 is 65.7 Å². The SMILES string of the molecule is c1ccc(-c2nc(-c3ccc4c(c3)oc3c(-c5nc6ccc7ccccc7c6o5)cccc34)nc(-c3cccc4oc5ccccc5c34)n2)cc1. The van der Waals surface area contributed by atoms with Gasteiger partial charge in [-0.25, -0.2) is 19.9 Å². The highest BCUT2D eigenvalue weighted by atomic mass is 16.4. The van der Waals surface area contributed by atoms with E-state index in [2.05, 4.69) is 36.4 Å². The van der Waals surface area contributed by atoms with E-state index in [1.165, 1.54) is 0 Å². The van der Waals surface area contributed by atoms with Crippen LogP contribution in [-0.2, 0) is 0 Å². The third-order valence-corrected chi connectivity index (χ3v) is 9.58. The third kappa shape index (κ3) is 4.31. The van der Waals surface area contributed by atoms with E-state index in [9.17, 15) is 0 Å². The summed E-state index contributed by atoms with van der Waals surface area (Å²) in [6.45, 7) is 0. The first-order chi connectivity index (χ1) is 25.2. The summed E-state index contributed by atoms with van der Waals surface area (Å²) in [7, 11) is 0. The molecule has 7 aromatic carbocycles. The summed E-state index contributed by atoms with van der Waals surface area (Å²) >= 11 is 0. The van der Waals surface area contributed by atoms with Crippen molar-refractivity contribution in [3.8, 4) is 45.6 Å². The number of furan rings is 2. The van der Waals surface area contributed by atoms with Gasteiger partial charge in [-0.3, -0.25) is 0 Å². The number of para-hydroxylation sites is 2. The lowest BCUT2D eigenvalue weighted by atomic mass is 10.0. The van der Waals surface area contributed by atoms with Gasteiger partial charge in [-0.2, -0.15) is 0 Å². The smallest absolute Gasteiger partial charge is 0.231 e. The minimum Gasteiger partial charge on any atom is -0.456 e. The zero-order chi connectivity index (χ0) is 33.5. The molecule has 11 rings (SSSR count). The molecule has 0 saturated carbocycles. The second kappa shape index (κ2) is 10.7. The number of oxazole rings is 1. The molecule has 0 aliphatic heterocycles. The van der Waals surface area contributed by atoms with Crippen LogP contribution in [0.4, 0.5) is 0 Å². The van der Waals surface area contributed by atoms with Gasteiger partial charge in [-0.1, -0.05) is 109 Å². The highest BCUT2D eigenvalue weighted by Crippen LogP contribution is 2.40. The fourth-order valence-electron chi connectivity index (χ4n) is 7.18. The molecule has 4 heterocycles. The van der Waals surface area contributed by atoms with Crippen molar-refractivity contribution in [2.75, 3.05) is 0 Å². The zero-order valence-electron chi connectivity index (χ0n) is 26.9. The van der Waals surface area contributed by atoms with Gasteiger partial charge in [0.1, 0.15) is 27.8 Å². The molecule has 238 valence electrons. The summed E-state index contributed by atoms with van der Waals surface area (Å²) < 4.78 is 19.3. The Bertz CT molecular complexity index is 3160. The maximum atomic E-state index is 6.63. The third-order valence-electron chi connectivity index (χ3n) is 9.58. The molecule has 51 heavy (non-hydrogen) atoms. The van der Waals surface area contributed by atoms with Gasteiger partial charge in [0.2, 0.25) is 5.89 Å². The van der Waals surface area contributed by atoms with Crippen LogP contribution in [0.3, 0.4) is 0 Å². The number of benzene rings is 7. The molecule has 0 atom stereocenters. The van der Waals surface area contributed by atoms with E-state index < -0.39 is 0 Å². The molecular weight excluding hydrogens is 633 g/mol. The fraction of sp³-hybridized carbons (Fsp3) is 0. The Hall–Kier alpha value is -7.12. The lowest BCUT2D eigenvalue weighted by Gasteiger charge is -2.09. The highest BCUT2D eigenvalue weighted by Gasteiger charge is 2.20. The minimum atomic E-state index is 0.516. The Kier molecular flexibility index (Phi) is 5.83. The number of nitrogens with zero attached hydrogens (tertiary/aromatic N) is 4. The average molecular weight is 657 g/mol. The minimum absolute atomic E-state index is 0.516. The van der Waals surface area contributed by atoms with E-state index in [0.717, 1.165) is 76.8 Å². The first kappa shape index (κ1) is 27.8. The molecule has 0 bridgehead atoms. The predicted octanol–water partition coefficient (Wildman–Crippen LogP) is 11.6. The molecule has 11 aromatic rings. The van der Waals surface area contributed by atoms with Crippen molar-refractivity contribution in [3.63, 3.8) is 0 Å². The van der Waals surface area contributed by atoms with Crippen LogP contribution in [0, 0.1) is 0 Å². The van der Waals surface area contributed by atoms with Crippen LogP contribution in [0.2, 0.25) is 0 Å². The lowest BCUT2D eigenvalue weighted by molar-refractivity contribution is 0.618. The molecule has 0 fully saturated rings. The monoisotopic (exact) mass is 656 g/mol. The van der Waals surface area contributed by atoms with E-state index in [0.29, 0.717) is 34.5 Å². The largest absolute Gasteiger partial charge is 0.456 e. The Morgan fingerprint density at radius 2 is 1.10 bits per heavy atom. The highest BCUT2D eigenvalue weighted by molar-refractivity contribution is 6.12. The molecule has 0 unspecified atom stereocenters. The Balaban J connectivity index is 1.09. The van der Waals surface area contributed by atoms with Crippen molar-refractivity contribution in [1.82, 2.24) is 19.9 Å². The van der Waals surface area contributed by atoms with Crippen molar-refractivity contribution in [1.29, 1.82) is 0 Å². The topological polar surface area (TPSA) is 91.0 Å². The van der Waals surface area contributed by atoms with Crippen molar-refractivity contribution < 1.29 is 13.3 Å². The molecular formula is C44H24N4O3. The van der Waals surface area contributed by atoms with Gasteiger partial charge < -0.3 is 13.3 Å². The van der Waals surface area contributed by atoms with E-state index in [4.69, 9.17) is 33.2 Å². The fourth-order valence-corrected chi connectivity index (χ4v) is 7.18. The van der Waals surface area contributed by atoms with Crippen LogP contribution in [0.25, 0.3) is 111 Å². The van der Waals surface area contributed by atoms with Crippen LogP contribution in [0.15, 0.2) is 159 Å². The summed E-state index contributed by atoms with van der Waals surface area (Å²) in [5, 5.41) is 6.06. The molecule has 0 N–H and O–H groups in total. The number of fused-ring (bicyclic) bond motifs is 9. The summed E-state index contributed by atoms with van der Waals surface area (Å²) in [5.74, 6) is 2.20. The summed E-state index contributed by atoms with van der Waals surface area (Å²) in [6, 6.07) is 48.4. The standard InChI is InChI=1S/C44H24N4O3/c1-2-11-26(12-3-1)41-46-42(48-43(47-41)32-16-9-19-36-38(32)31-14-6-7-18-35(31)49-36)27-20-22-29-30-15-8-17-33(39(30)50-37(29)24-27)44-45-34-23-21-25-10-4-5-13-28(25)40(34)51-44/h1-24H. The van der Waals surface area contributed by atoms with E-state index in [1.807, 2.05) is 109 Å². The molecule has 0 saturated heterocycles. The quantitative estimate of drug-likeness (QED) is 0.186. The van der Waals surface area contributed by atoms with Crippen molar-refractivity contribution in [3.05, 3.63) is 146 Å². The van der Waals surface area contributed by atoms with Gasteiger partial charge in [0, 0.05) is 43.6 Å². The number of hydrogen-bond acceptors (Lipinski definition) is 7. The van der Waals surface area contributed by atoms with Crippen LogP contribution in [0.1, 0.15) is 0 Å². The van der Waals surface area contributed by atoms with Gasteiger partial charge in [0.05, 0.1) is 5.56 Å². The van der Waals surface area contributed by atoms with Crippen molar-refractivity contribution in [2.45, 2.75) is 0 Å². The first-order valence-electron chi connectivity index (χ1n) is 16.7. The second-order valence-electron chi connectivity index (χ2n) is 12.6. The summed E-state index contributed by atoms with van der Waals surface area (Å²) in [5.41, 5.74) is 7.95. The second-order valence-corrected chi connectivity index (χ2v) is 12.6. The number of rotatable bonds is 4. The van der Waals surface area contributed by atoms with E-state index >= 15 is 0 Å². The molecule has 0 aliphatic carbocycles. The molecule has 0 spiro atoms. The van der Waals surface area contributed by atoms with Crippen LogP contribution in [0.5, 0.6) is 0 Å². The molecule has 0 radical (unpaired) electrons. The maximum absolute atomic E-state index is 6.63. The van der Waals surface area contributed by atoms with Crippen LogP contribution in [-0.4, -0.2) is 19.9 Å². The molecule has 7 nitrogen and oxygen atoms in total. The summed E-state index contributed by atoms with van der Waals surface area (Å²) in [4.78, 5) is 20.0. The van der Waals surface area contributed by atoms with E-state index in [-0.39, 0.29) is 0 Å². The predicted molar refractivity (Wildman–Crippen MR) is 201 cm³/mol. The Morgan fingerprint density at radius 1 is 0.373 bits per heavy atom. The first-order valence-corrected chi connectivity index (χ1v) is 16.7. The Morgan fingerprint density at radius 3 is 2.02 bits per heavy atom. The van der Waals surface area contributed by atoms with Crippen LogP contribution < -0.4 is 0 Å². The average Bonchev–Trinajstić information content (AvgIpc) is 3.91. The zero-order valence-corrected chi connectivity index (χ0v) is 26.9. The van der Waals surface area contributed by atoms with Crippen molar-refractivity contribution in [2.24, 2.45) is 0 Å². The van der Waals surface area contributed by atoms with Gasteiger partial charge >= 0.3 is 0 Å².